The summed E-state index contributed by atoms with van der Waals surface area (Å²) in [5, 5.41) is 4.50. The van der Waals surface area contributed by atoms with Gasteiger partial charge in [-0.3, -0.25) is 0 Å². The average Bonchev–Trinajstić information content (AvgIpc) is 2.31. The molecule has 0 bridgehead atoms. The molecule has 88 valence electrons. The maximum absolute atomic E-state index is 5.91. The number of halogens is 3. The topological polar surface area (TPSA) is 37.8 Å². The first kappa shape index (κ1) is 12.4. The molecule has 1 heterocycles. The van der Waals surface area contributed by atoms with Gasteiger partial charge in [-0.05, 0) is 23.8 Å². The maximum atomic E-state index is 5.91. The Bertz CT molecular complexity index is 531. The van der Waals surface area contributed by atoms with E-state index in [2.05, 4.69) is 15.3 Å². The second-order valence-electron chi connectivity index (χ2n) is 3.30. The molecular weight excluding hydrogens is 281 g/mol. The van der Waals surface area contributed by atoms with E-state index >= 15 is 0 Å². The summed E-state index contributed by atoms with van der Waals surface area (Å²) in [6.45, 7) is 0.553. The number of aromatic nitrogens is 2. The van der Waals surface area contributed by atoms with Crippen LogP contribution in [0.15, 0.2) is 30.5 Å². The van der Waals surface area contributed by atoms with Gasteiger partial charge in [-0.15, -0.1) is 0 Å². The minimum absolute atomic E-state index is 0.400. The molecule has 3 nitrogen and oxygen atoms in total. The van der Waals surface area contributed by atoms with Crippen LogP contribution in [0.1, 0.15) is 5.56 Å². The van der Waals surface area contributed by atoms with Crippen molar-refractivity contribution in [3.05, 3.63) is 51.2 Å². The van der Waals surface area contributed by atoms with Gasteiger partial charge in [-0.1, -0.05) is 40.9 Å². The molecule has 1 aromatic carbocycles. The molecule has 6 heteroatoms. The van der Waals surface area contributed by atoms with E-state index in [4.69, 9.17) is 34.8 Å². The first-order valence-corrected chi connectivity index (χ1v) is 5.95. The fourth-order valence-corrected chi connectivity index (χ4v) is 1.71. The molecule has 0 aliphatic carbocycles. The Morgan fingerprint density at radius 2 is 1.88 bits per heavy atom. The van der Waals surface area contributed by atoms with Crippen LogP contribution >= 0.6 is 34.8 Å². The van der Waals surface area contributed by atoms with Crippen molar-refractivity contribution < 1.29 is 0 Å². The van der Waals surface area contributed by atoms with E-state index < -0.39 is 0 Å². The van der Waals surface area contributed by atoms with Crippen LogP contribution in [0, 0.1) is 0 Å². The van der Waals surface area contributed by atoms with Crippen molar-refractivity contribution in [2.45, 2.75) is 6.54 Å². The maximum Gasteiger partial charge on any atom is 0.224 e. The Labute approximate surface area is 114 Å². The number of hydrogen-bond acceptors (Lipinski definition) is 3. The highest BCUT2D eigenvalue weighted by Gasteiger charge is 2.01. The van der Waals surface area contributed by atoms with Crippen molar-refractivity contribution in [3.63, 3.8) is 0 Å². The summed E-state index contributed by atoms with van der Waals surface area (Å²) in [5.41, 5.74) is 0.989. The van der Waals surface area contributed by atoms with Crippen LogP contribution in [-0.4, -0.2) is 9.97 Å². The van der Waals surface area contributed by atoms with Gasteiger partial charge in [0, 0.05) is 12.7 Å². The second kappa shape index (κ2) is 5.54. The number of benzene rings is 1. The van der Waals surface area contributed by atoms with Gasteiger partial charge in [0.2, 0.25) is 5.95 Å². The first-order valence-electron chi connectivity index (χ1n) is 4.81. The molecule has 17 heavy (non-hydrogen) atoms. The molecule has 0 radical (unpaired) electrons. The lowest BCUT2D eigenvalue weighted by atomic mass is 10.2. The van der Waals surface area contributed by atoms with Crippen LogP contribution in [0.2, 0.25) is 15.2 Å². The van der Waals surface area contributed by atoms with Crippen LogP contribution in [0.5, 0.6) is 0 Å². The predicted molar refractivity (Wildman–Crippen MR) is 70.8 cm³/mol. The number of hydrogen-bond donors (Lipinski definition) is 1. The van der Waals surface area contributed by atoms with Crippen LogP contribution in [0.4, 0.5) is 5.95 Å². The Balaban J connectivity index is 2.05. The van der Waals surface area contributed by atoms with Crippen molar-refractivity contribution in [3.8, 4) is 0 Å². The molecule has 2 rings (SSSR count). The van der Waals surface area contributed by atoms with Gasteiger partial charge in [0.25, 0.3) is 0 Å². The highest BCUT2D eigenvalue weighted by Crippen LogP contribution is 2.22. The lowest BCUT2D eigenvalue weighted by molar-refractivity contribution is 1.05. The number of rotatable bonds is 3. The summed E-state index contributed by atoms with van der Waals surface area (Å²) in [5.74, 6) is 0.476. The number of anilines is 1. The van der Waals surface area contributed by atoms with Crippen molar-refractivity contribution in [1.29, 1.82) is 0 Å². The van der Waals surface area contributed by atoms with Crippen molar-refractivity contribution in [2.75, 3.05) is 5.32 Å². The zero-order valence-corrected chi connectivity index (χ0v) is 10.9. The minimum atomic E-state index is 0.400. The summed E-state index contributed by atoms with van der Waals surface area (Å²) >= 11 is 17.5. The SMILES string of the molecule is Clc1ccnc(NCc2ccc(Cl)c(Cl)c2)n1. The quantitative estimate of drug-likeness (QED) is 0.866. The lowest BCUT2D eigenvalue weighted by Gasteiger charge is -2.05. The van der Waals surface area contributed by atoms with Gasteiger partial charge >= 0.3 is 0 Å². The van der Waals surface area contributed by atoms with E-state index in [1.54, 1.807) is 24.4 Å². The summed E-state index contributed by atoms with van der Waals surface area (Å²) in [6.07, 6.45) is 1.59. The summed E-state index contributed by atoms with van der Waals surface area (Å²) in [7, 11) is 0. The molecule has 0 aliphatic rings. The highest BCUT2D eigenvalue weighted by atomic mass is 35.5. The second-order valence-corrected chi connectivity index (χ2v) is 4.51. The molecule has 0 fully saturated rings. The highest BCUT2D eigenvalue weighted by molar-refractivity contribution is 6.42. The molecular formula is C11H8Cl3N3. The van der Waals surface area contributed by atoms with E-state index in [1.165, 1.54) is 0 Å². The molecule has 2 aromatic rings. The van der Waals surface area contributed by atoms with E-state index in [0.29, 0.717) is 27.7 Å². The normalized spacial score (nSPS) is 10.3. The zero-order valence-electron chi connectivity index (χ0n) is 8.62. The van der Waals surface area contributed by atoms with Gasteiger partial charge in [0.1, 0.15) is 5.15 Å². The van der Waals surface area contributed by atoms with Gasteiger partial charge in [-0.25, -0.2) is 9.97 Å². The smallest absolute Gasteiger partial charge is 0.224 e. The third-order valence-electron chi connectivity index (χ3n) is 2.06. The number of nitrogens with zero attached hydrogens (tertiary/aromatic N) is 2. The van der Waals surface area contributed by atoms with E-state index in [0.717, 1.165) is 5.56 Å². The van der Waals surface area contributed by atoms with Crippen LogP contribution < -0.4 is 5.32 Å². The largest absolute Gasteiger partial charge is 0.350 e. The van der Waals surface area contributed by atoms with Crippen LogP contribution in [-0.2, 0) is 6.54 Å². The zero-order chi connectivity index (χ0) is 12.3. The van der Waals surface area contributed by atoms with Crippen molar-refractivity contribution >= 4 is 40.8 Å². The standard InChI is InChI=1S/C11H8Cl3N3/c12-8-2-1-7(5-9(8)13)6-16-11-15-4-3-10(14)17-11/h1-5H,6H2,(H,15,16,17). The van der Waals surface area contributed by atoms with Gasteiger partial charge < -0.3 is 5.32 Å². The third kappa shape index (κ3) is 3.46. The molecule has 0 aliphatic heterocycles. The third-order valence-corrected chi connectivity index (χ3v) is 3.01. The van der Waals surface area contributed by atoms with Gasteiger partial charge in [0.15, 0.2) is 0 Å². The van der Waals surface area contributed by atoms with E-state index in [9.17, 15) is 0 Å². The Morgan fingerprint density at radius 3 is 2.59 bits per heavy atom. The molecule has 1 N–H and O–H groups in total. The molecule has 1 aromatic heterocycles. The summed E-state index contributed by atoms with van der Waals surface area (Å²) in [6, 6.07) is 7.04. The molecule has 0 amide bonds. The van der Waals surface area contributed by atoms with Gasteiger partial charge in [-0.2, -0.15) is 0 Å². The van der Waals surface area contributed by atoms with E-state index in [1.807, 2.05) is 6.07 Å². The molecule has 0 saturated carbocycles. The molecule has 0 atom stereocenters. The minimum Gasteiger partial charge on any atom is -0.350 e. The van der Waals surface area contributed by atoms with Crippen molar-refractivity contribution in [1.82, 2.24) is 9.97 Å². The van der Waals surface area contributed by atoms with Gasteiger partial charge in [0.05, 0.1) is 10.0 Å². The van der Waals surface area contributed by atoms with Crippen LogP contribution in [0.25, 0.3) is 0 Å². The Hall–Kier alpha value is -1.03. The van der Waals surface area contributed by atoms with Crippen LogP contribution in [0.3, 0.4) is 0 Å². The lowest BCUT2D eigenvalue weighted by Crippen LogP contribution is -2.03. The fraction of sp³-hybridized carbons (Fsp3) is 0.0909. The van der Waals surface area contributed by atoms with E-state index in [-0.39, 0.29) is 0 Å². The average molecular weight is 289 g/mol. The summed E-state index contributed by atoms with van der Waals surface area (Å²) < 4.78 is 0. The predicted octanol–water partition coefficient (Wildman–Crippen LogP) is 4.05. The summed E-state index contributed by atoms with van der Waals surface area (Å²) in [4.78, 5) is 8.04. The van der Waals surface area contributed by atoms with Crippen molar-refractivity contribution in [2.24, 2.45) is 0 Å². The Kier molecular flexibility index (Phi) is 4.05. The molecule has 0 spiro atoms. The number of nitrogens with one attached hydrogen (secondary N) is 1. The Morgan fingerprint density at radius 1 is 1.06 bits per heavy atom. The molecule has 0 saturated heterocycles. The molecule has 0 unspecified atom stereocenters. The fourth-order valence-electron chi connectivity index (χ4n) is 1.25. The first-order chi connectivity index (χ1) is 8.15. The monoisotopic (exact) mass is 287 g/mol.